The molecular formula is C20H14N6O4. The van der Waals surface area contributed by atoms with Crippen molar-refractivity contribution in [1.82, 2.24) is 4.90 Å². The van der Waals surface area contributed by atoms with Crippen LogP contribution in [0.3, 0.4) is 0 Å². The lowest BCUT2D eigenvalue weighted by atomic mass is 9.55. The van der Waals surface area contributed by atoms with Gasteiger partial charge >= 0.3 is 11.9 Å². The summed E-state index contributed by atoms with van der Waals surface area (Å²) in [7, 11) is 1.02. The molecule has 1 atom stereocenters. The number of nitrogens with zero attached hydrogens (tertiary/aromatic N) is 6. The number of esters is 2. The Kier molecular flexibility index (Phi) is 5.64. The summed E-state index contributed by atoms with van der Waals surface area (Å²) in [6.07, 6.45) is 2.98. The van der Waals surface area contributed by atoms with Gasteiger partial charge in [0.2, 0.25) is 10.8 Å². The standard InChI is InChI=1S/C20H14N6O4/c1-12(2)30-17(27)15-16(18(28)29-3)26-5-4-13(7-21)6-14(26)19(8-22,9-23)20(15,10-24)11-25/h4-6,12,14H,1-3H3. The Morgan fingerprint density at radius 3 is 2.10 bits per heavy atom. The number of ether oxygens (including phenoxy) is 2. The molecular weight excluding hydrogens is 388 g/mol. The summed E-state index contributed by atoms with van der Waals surface area (Å²) in [5.41, 5.74) is -6.46. The van der Waals surface area contributed by atoms with Crippen molar-refractivity contribution >= 4 is 11.9 Å². The average molecular weight is 402 g/mol. The van der Waals surface area contributed by atoms with Gasteiger partial charge in [0.15, 0.2) is 0 Å². The number of carbonyl (C=O) groups excluding carboxylic acids is 2. The summed E-state index contributed by atoms with van der Waals surface area (Å²) in [6.45, 7) is 3.01. The highest BCUT2D eigenvalue weighted by Gasteiger charge is 2.69. The Hall–Kier alpha value is -4.59. The lowest BCUT2D eigenvalue weighted by Gasteiger charge is -2.48. The zero-order chi connectivity index (χ0) is 22.7. The van der Waals surface area contributed by atoms with Gasteiger partial charge in [-0.1, -0.05) is 0 Å². The highest BCUT2D eigenvalue weighted by atomic mass is 16.5. The molecule has 0 amide bonds. The Morgan fingerprint density at radius 2 is 1.67 bits per heavy atom. The van der Waals surface area contributed by atoms with Crippen molar-refractivity contribution in [2.75, 3.05) is 7.11 Å². The maximum Gasteiger partial charge on any atom is 0.355 e. The van der Waals surface area contributed by atoms with Crippen molar-refractivity contribution in [3.05, 3.63) is 35.2 Å². The monoisotopic (exact) mass is 402 g/mol. The SMILES string of the molecule is COC(=O)C1=C(C(=O)OC(C)C)C(C#N)(C#N)C(C#N)(C#N)C2C=C(C#N)C=CN12. The summed E-state index contributed by atoms with van der Waals surface area (Å²) in [5.74, 6) is -2.31. The van der Waals surface area contributed by atoms with Crippen LogP contribution in [0.15, 0.2) is 35.2 Å². The van der Waals surface area contributed by atoms with Crippen LogP contribution < -0.4 is 0 Å². The highest BCUT2D eigenvalue weighted by Crippen LogP contribution is 2.55. The fourth-order valence-electron chi connectivity index (χ4n) is 3.37. The highest BCUT2D eigenvalue weighted by molar-refractivity contribution is 6.03. The minimum Gasteiger partial charge on any atom is -0.464 e. The van der Waals surface area contributed by atoms with Crippen LogP contribution in [0, 0.1) is 67.5 Å². The molecule has 0 aliphatic carbocycles. The van der Waals surface area contributed by atoms with E-state index in [9.17, 15) is 35.9 Å². The molecule has 30 heavy (non-hydrogen) atoms. The maximum atomic E-state index is 13.0. The number of hydrogen-bond donors (Lipinski definition) is 0. The van der Waals surface area contributed by atoms with E-state index < -0.39 is 46.2 Å². The van der Waals surface area contributed by atoms with E-state index in [1.807, 2.05) is 6.07 Å². The van der Waals surface area contributed by atoms with E-state index in [4.69, 9.17) is 9.47 Å². The molecule has 2 aliphatic heterocycles. The van der Waals surface area contributed by atoms with Crippen LogP contribution >= 0.6 is 0 Å². The van der Waals surface area contributed by atoms with Gasteiger partial charge in [-0.25, -0.2) is 9.59 Å². The summed E-state index contributed by atoms with van der Waals surface area (Å²) < 4.78 is 9.88. The number of rotatable bonds is 3. The minimum atomic E-state index is -2.71. The zero-order valence-electron chi connectivity index (χ0n) is 16.2. The largest absolute Gasteiger partial charge is 0.464 e. The number of methoxy groups -OCH3 is 1. The first-order chi connectivity index (χ1) is 14.2. The van der Waals surface area contributed by atoms with Crippen molar-refractivity contribution in [3.8, 4) is 30.3 Å². The van der Waals surface area contributed by atoms with Gasteiger partial charge in [0, 0.05) is 6.20 Å². The van der Waals surface area contributed by atoms with E-state index in [2.05, 4.69) is 0 Å². The third kappa shape index (κ3) is 2.75. The lowest BCUT2D eigenvalue weighted by molar-refractivity contribution is -0.147. The maximum absolute atomic E-state index is 13.0. The van der Waals surface area contributed by atoms with Crippen molar-refractivity contribution in [2.24, 2.45) is 10.8 Å². The molecule has 10 nitrogen and oxygen atoms in total. The van der Waals surface area contributed by atoms with E-state index >= 15 is 0 Å². The molecule has 148 valence electrons. The molecule has 0 saturated heterocycles. The quantitative estimate of drug-likeness (QED) is 0.621. The second-order valence-corrected chi connectivity index (χ2v) is 6.58. The van der Waals surface area contributed by atoms with Crippen LogP contribution in [-0.2, 0) is 19.1 Å². The third-order valence-corrected chi connectivity index (χ3v) is 4.70. The van der Waals surface area contributed by atoms with Crippen LogP contribution in [0.4, 0.5) is 0 Å². The molecule has 2 heterocycles. The van der Waals surface area contributed by atoms with E-state index in [0.717, 1.165) is 12.0 Å². The molecule has 0 aromatic carbocycles. The van der Waals surface area contributed by atoms with Crippen LogP contribution in [-0.4, -0.2) is 36.1 Å². The Morgan fingerprint density at radius 1 is 1.07 bits per heavy atom. The lowest BCUT2D eigenvalue weighted by Crippen LogP contribution is -2.60. The average Bonchev–Trinajstić information content (AvgIpc) is 2.75. The van der Waals surface area contributed by atoms with Gasteiger partial charge in [-0.2, -0.15) is 26.3 Å². The molecule has 2 rings (SSSR count). The van der Waals surface area contributed by atoms with Gasteiger partial charge in [0.1, 0.15) is 11.3 Å². The second kappa shape index (κ2) is 7.80. The van der Waals surface area contributed by atoms with Gasteiger partial charge in [0.25, 0.3) is 0 Å². The first-order valence-electron chi connectivity index (χ1n) is 8.51. The van der Waals surface area contributed by atoms with Crippen LogP contribution in [0.5, 0.6) is 0 Å². The van der Waals surface area contributed by atoms with Crippen molar-refractivity contribution in [2.45, 2.75) is 26.0 Å². The van der Waals surface area contributed by atoms with Gasteiger partial charge in [0.05, 0.1) is 55.2 Å². The summed E-state index contributed by atoms with van der Waals surface area (Å²) in [6, 6.07) is 7.02. The molecule has 0 aromatic heterocycles. The molecule has 10 heteroatoms. The minimum absolute atomic E-state index is 0.0355. The van der Waals surface area contributed by atoms with E-state index in [1.165, 1.54) is 32.2 Å². The van der Waals surface area contributed by atoms with Gasteiger partial charge < -0.3 is 14.4 Å². The first kappa shape index (κ1) is 21.7. The summed E-state index contributed by atoms with van der Waals surface area (Å²) in [5, 5.41) is 49.2. The van der Waals surface area contributed by atoms with Crippen LogP contribution in [0.25, 0.3) is 0 Å². The van der Waals surface area contributed by atoms with Crippen molar-refractivity contribution < 1.29 is 19.1 Å². The van der Waals surface area contributed by atoms with Gasteiger partial charge in [-0.15, -0.1) is 0 Å². The number of allylic oxidation sites excluding steroid dienone is 2. The fourth-order valence-corrected chi connectivity index (χ4v) is 3.37. The van der Waals surface area contributed by atoms with Crippen molar-refractivity contribution in [1.29, 1.82) is 26.3 Å². The molecule has 0 spiro atoms. The predicted molar refractivity (Wildman–Crippen MR) is 96.1 cm³/mol. The molecule has 0 bridgehead atoms. The van der Waals surface area contributed by atoms with Gasteiger partial charge in [-0.3, -0.25) is 0 Å². The number of carbonyl (C=O) groups is 2. The number of nitriles is 5. The number of fused-ring (bicyclic) bond motifs is 1. The zero-order valence-corrected chi connectivity index (χ0v) is 16.2. The van der Waals surface area contributed by atoms with Gasteiger partial charge in [-0.05, 0) is 26.0 Å². The molecule has 0 fully saturated rings. The molecule has 0 aromatic rings. The fraction of sp³-hybridized carbons (Fsp3) is 0.350. The second-order valence-electron chi connectivity index (χ2n) is 6.58. The molecule has 1 unspecified atom stereocenters. The Bertz CT molecular complexity index is 1080. The van der Waals surface area contributed by atoms with Crippen LogP contribution in [0.1, 0.15) is 13.8 Å². The van der Waals surface area contributed by atoms with E-state index in [1.54, 1.807) is 24.3 Å². The normalized spacial score (nSPS) is 20.3. The van der Waals surface area contributed by atoms with Crippen molar-refractivity contribution in [3.63, 3.8) is 0 Å². The van der Waals surface area contributed by atoms with E-state index in [0.29, 0.717) is 0 Å². The topological polar surface area (TPSA) is 175 Å². The van der Waals surface area contributed by atoms with Crippen LogP contribution in [0.2, 0.25) is 0 Å². The first-order valence-corrected chi connectivity index (χ1v) is 8.51. The summed E-state index contributed by atoms with van der Waals surface area (Å²) >= 11 is 0. The molecule has 0 saturated carbocycles. The molecule has 2 aliphatic rings. The third-order valence-electron chi connectivity index (χ3n) is 4.70. The smallest absolute Gasteiger partial charge is 0.355 e. The molecule has 0 radical (unpaired) electrons. The predicted octanol–water partition coefficient (Wildman–Crippen LogP) is 1.09. The number of hydrogen-bond acceptors (Lipinski definition) is 10. The summed E-state index contributed by atoms with van der Waals surface area (Å²) in [4.78, 5) is 26.7. The Labute approximate surface area is 172 Å². The Balaban J connectivity index is 3.11. The van der Waals surface area contributed by atoms with E-state index in [-0.39, 0.29) is 5.57 Å². The molecule has 0 N–H and O–H groups in total.